The highest BCUT2D eigenvalue weighted by atomic mass is 32.2. The Morgan fingerprint density at radius 2 is 1.84 bits per heavy atom. The first-order chi connectivity index (χ1) is 9.16. The molecule has 0 fully saturated rings. The third-order valence-corrected chi connectivity index (χ3v) is 5.46. The Hall–Kier alpha value is -1.45. The van der Waals surface area contributed by atoms with Gasteiger partial charge in [-0.2, -0.15) is 0 Å². The van der Waals surface area contributed by atoms with Gasteiger partial charge in [0.1, 0.15) is 0 Å². The third-order valence-electron chi connectivity index (χ3n) is 3.66. The number of aliphatic hydroxyl groups is 1. The summed E-state index contributed by atoms with van der Waals surface area (Å²) in [4.78, 5) is 0.874. The van der Waals surface area contributed by atoms with Crippen molar-refractivity contribution in [1.82, 2.24) is 0 Å². The van der Waals surface area contributed by atoms with Gasteiger partial charge in [0.2, 0.25) is 0 Å². The number of hydrogen-bond acceptors (Lipinski definition) is 2. The Bertz CT molecular complexity index is 619. The standard InChI is InChI=1S/C16H16O2S/c1-11-6-8-12(9-7-11)16(17)15-10-13-4-2-3-5-14(13)19(15)18/h2-9,15-17H,10H2,1H3/t15-,16+,19?/m0/s1. The van der Waals surface area contributed by atoms with Crippen LogP contribution in [0.2, 0.25) is 0 Å². The zero-order valence-corrected chi connectivity index (χ0v) is 11.6. The Labute approximate surface area is 115 Å². The maximum Gasteiger partial charge on any atom is 0.0940 e. The van der Waals surface area contributed by atoms with Crippen LogP contribution in [0.1, 0.15) is 22.8 Å². The summed E-state index contributed by atoms with van der Waals surface area (Å²) in [5.74, 6) is 0. The summed E-state index contributed by atoms with van der Waals surface area (Å²) < 4.78 is 12.4. The lowest BCUT2D eigenvalue weighted by Crippen LogP contribution is -2.21. The number of fused-ring (bicyclic) bond motifs is 1. The number of hydrogen-bond donors (Lipinski definition) is 1. The molecule has 3 heteroatoms. The van der Waals surface area contributed by atoms with E-state index >= 15 is 0 Å². The van der Waals surface area contributed by atoms with Crippen molar-refractivity contribution < 1.29 is 9.32 Å². The van der Waals surface area contributed by atoms with Crippen molar-refractivity contribution in [2.75, 3.05) is 0 Å². The highest BCUT2D eigenvalue weighted by Crippen LogP contribution is 2.34. The highest BCUT2D eigenvalue weighted by molar-refractivity contribution is 7.86. The number of aliphatic hydroxyl groups excluding tert-OH is 1. The van der Waals surface area contributed by atoms with Gasteiger partial charge in [0.05, 0.1) is 22.2 Å². The average molecular weight is 272 g/mol. The lowest BCUT2D eigenvalue weighted by Gasteiger charge is -2.17. The smallest absolute Gasteiger partial charge is 0.0940 e. The lowest BCUT2D eigenvalue weighted by atomic mass is 10.0. The SMILES string of the molecule is Cc1ccc([C@@H](O)[C@@H]2Cc3ccccc3S2=O)cc1. The summed E-state index contributed by atoms with van der Waals surface area (Å²) in [5.41, 5.74) is 3.10. The maximum absolute atomic E-state index is 12.4. The molecular formula is C16H16O2S. The Balaban J connectivity index is 1.89. The fourth-order valence-electron chi connectivity index (χ4n) is 2.53. The van der Waals surface area contributed by atoms with E-state index in [2.05, 4.69) is 0 Å². The van der Waals surface area contributed by atoms with Gasteiger partial charge in [-0.3, -0.25) is 4.21 Å². The second kappa shape index (κ2) is 4.91. The fourth-order valence-corrected chi connectivity index (χ4v) is 4.20. The minimum Gasteiger partial charge on any atom is -0.387 e. The van der Waals surface area contributed by atoms with E-state index in [0.29, 0.717) is 6.42 Å². The van der Waals surface area contributed by atoms with Crippen LogP contribution < -0.4 is 0 Å². The van der Waals surface area contributed by atoms with Crippen molar-refractivity contribution >= 4 is 10.8 Å². The molecule has 98 valence electrons. The predicted molar refractivity (Wildman–Crippen MR) is 76.5 cm³/mol. The van der Waals surface area contributed by atoms with Crippen LogP contribution in [0.3, 0.4) is 0 Å². The summed E-state index contributed by atoms with van der Waals surface area (Å²) >= 11 is 0. The zero-order chi connectivity index (χ0) is 13.4. The molecule has 0 spiro atoms. The zero-order valence-electron chi connectivity index (χ0n) is 10.7. The van der Waals surface area contributed by atoms with Crippen molar-refractivity contribution in [1.29, 1.82) is 0 Å². The van der Waals surface area contributed by atoms with Crippen LogP contribution in [0, 0.1) is 6.92 Å². The van der Waals surface area contributed by atoms with Crippen LogP contribution in [0.15, 0.2) is 53.4 Å². The quantitative estimate of drug-likeness (QED) is 0.912. The van der Waals surface area contributed by atoms with Crippen LogP contribution in [0.4, 0.5) is 0 Å². The van der Waals surface area contributed by atoms with Gasteiger partial charge in [0, 0.05) is 4.90 Å². The first kappa shape index (κ1) is 12.6. The normalized spacial score (nSPS) is 23.1. The lowest BCUT2D eigenvalue weighted by molar-refractivity contribution is 0.173. The molecule has 2 nitrogen and oxygen atoms in total. The number of benzene rings is 2. The molecular weight excluding hydrogens is 256 g/mol. The Kier molecular flexibility index (Phi) is 3.25. The molecule has 0 radical (unpaired) electrons. The van der Waals surface area contributed by atoms with Gasteiger partial charge in [0.25, 0.3) is 0 Å². The molecule has 3 atom stereocenters. The van der Waals surface area contributed by atoms with Crippen molar-refractivity contribution in [3.8, 4) is 0 Å². The van der Waals surface area contributed by atoms with E-state index in [1.165, 1.54) is 0 Å². The van der Waals surface area contributed by atoms with Gasteiger partial charge in [0.15, 0.2) is 0 Å². The second-order valence-corrected chi connectivity index (χ2v) is 6.64. The molecule has 0 bridgehead atoms. The largest absolute Gasteiger partial charge is 0.387 e. The van der Waals surface area contributed by atoms with Gasteiger partial charge in [-0.1, -0.05) is 48.0 Å². The molecule has 2 aromatic carbocycles. The van der Waals surface area contributed by atoms with E-state index in [4.69, 9.17) is 0 Å². The summed E-state index contributed by atoms with van der Waals surface area (Å²) in [7, 11) is -1.12. The molecule has 2 aromatic rings. The minimum atomic E-state index is -1.12. The summed E-state index contributed by atoms with van der Waals surface area (Å²) in [6.07, 6.45) is 0.00602. The van der Waals surface area contributed by atoms with Crippen LogP contribution >= 0.6 is 0 Å². The molecule has 3 rings (SSSR count). The monoisotopic (exact) mass is 272 g/mol. The predicted octanol–water partition coefficient (Wildman–Crippen LogP) is 2.76. The molecule has 1 heterocycles. The molecule has 1 aliphatic rings. The summed E-state index contributed by atoms with van der Waals surface area (Å²) in [5, 5.41) is 10.2. The van der Waals surface area contributed by atoms with E-state index in [9.17, 15) is 9.32 Å². The highest BCUT2D eigenvalue weighted by Gasteiger charge is 2.34. The topological polar surface area (TPSA) is 37.3 Å². The summed E-state index contributed by atoms with van der Waals surface area (Å²) in [6.45, 7) is 2.01. The van der Waals surface area contributed by atoms with Crippen LogP contribution in [0.25, 0.3) is 0 Å². The van der Waals surface area contributed by atoms with Gasteiger partial charge < -0.3 is 5.11 Å². The molecule has 1 N–H and O–H groups in total. The van der Waals surface area contributed by atoms with Crippen molar-refractivity contribution in [3.05, 3.63) is 65.2 Å². The fraction of sp³-hybridized carbons (Fsp3) is 0.250. The van der Waals surface area contributed by atoms with E-state index in [1.807, 2.05) is 55.5 Å². The molecule has 0 aliphatic carbocycles. The Morgan fingerprint density at radius 1 is 1.16 bits per heavy atom. The third kappa shape index (κ3) is 2.24. The van der Waals surface area contributed by atoms with Crippen molar-refractivity contribution in [2.24, 2.45) is 0 Å². The van der Waals surface area contributed by atoms with Gasteiger partial charge >= 0.3 is 0 Å². The van der Waals surface area contributed by atoms with Crippen molar-refractivity contribution in [2.45, 2.75) is 29.6 Å². The number of aryl methyl sites for hydroxylation is 1. The van der Waals surface area contributed by atoms with Crippen LogP contribution in [-0.4, -0.2) is 14.6 Å². The molecule has 19 heavy (non-hydrogen) atoms. The van der Waals surface area contributed by atoms with Crippen LogP contribution in [-0.2, 0) is 17.2 Å². The first-order valence-electron chi connectivity index (χ1n) is 6.40. The van der Waals surface area contributed by atoms with Gasteiger partial charge in [-0.25, -0.2) is 0 Å². The van der Waals surface area contributed by atoms with E-state index in [1.54, 1.807) is 0 Å². The van der Waals surface area contributed by atoms with Gasteiger partial charge in [-0.05, 0) is 30.5 Å². The van der Waals surface area contributed by atoms with Crippen molar-refractivity contribution in [3.63, 3.8) is 0 Å². The Morgan fingerprint density at radius 3 is 2.53 bits per heavy atom. The van der Waals surface area contributed by atoms with Gasteiger partial charge in [-0.15, -0.1) is 0 Å². The van der Waals surface area contributed by atoms with Crippen LogP contribution in [0.5, 0.6) is 0 Å². The molecule has 1 aliphatic heterocycles. The first-order valence-corrected chi connectivity index (χ1v) is 7.61. The van der Waals surface area contributed by atoms with E-state index < -0.39 is 16.9 Å². The van der Waals surface area contributed by atoms with E-state index in [-0.39, 0.29) is 5.25 Å². The molecule has 0 saturated carbocycles. The second-order valence-electron chi connectivity index (χ2n) is 5.00. The average Bonchev–Trinajstić information content (AvgIpc) is 2.77. The summed E-state index contributed by atoms with van der Waals surface area (Å²) in [6, 6.07) is 15.5. The molecule has 1 unspecified atom stereocenters. The molecule has 0 saturated heterocycles. The minimum absolute atomic E-state index is 0.236. The number of rotatable bonds is 2. The van der Waals surface area contributed by atoms with E-state index in [0.717, 1.165) is 21.6 Å². The maximum atomic E-state index is 12.4. The molecule has 0 amide bonds. The molecule has 0 aromatic heterocycles.